The lowest BCUT2D eigenvalue weighted by Gasteiger charge is -2.37. The fourth-order valence-corrected chi connectivity index (χ4v) is 5.63. The van der Waals surface area contributed by atoms with Crippen molar-refractivity contribution in [2.45, 2.75) is 64.8 Å². The SMILES string of the molecule is Cc1ccccc1CCN1CCC(CN(C(=O)c2snnc2C)C2CCCC2)CC1. The molecular formula is C24H34N4OS. The molecule has 0 atom stereocenters. The number of likely N-dealkylation sites (tertiary alicyclic amines) is 1. The van der Waals surface area contributed by atoms with Crippen LogP contribution < -0.4 is 0 Å². The van der Waals surface area contributed by atoms with E-state index in [1.165, 1.54) is 48.3 Å². The molecule has 6 heteroatoms. The Labute approximate surface area is 184 Å². The second kappa shape index (κ2) is 10.0. The van der Waals surface area contributed by atoms with Crippen molar-refractivity contribution in [3.63, 3.8) is 0 Å². The first-order valence-corrected chi connectivity index (χ1v) is 12.3. The van der Waals surface area contributed by atoms with Crippen LogP contribution in [0.25, 0.3) is 0 Å². The first kappa shape index (κ1) is 21.4. The van der Waals surface area contributed by atoms with E-state index in [4.69, 9.17) is 0 Å². The fourth-order valence-electron chi connectivity index (χ4n) is 5.01. The van der Waals surface area contributed by atoms with Gasteiger partial charge in [0.2, 0.25) is 0 Å². The van der Waals surface area contributed by atoms with E-state index in [1.807, 2.05) is 6.92 Å². The largest absolute Gasteiger partial charge is 0.335 e. The minimum absolute atomic E-state index is 0.163. The van der Waals surface area contributed by atoms with Gasteiger partial charge in [-0.05, 0) is 87.6 Å². The molecular weight excluding hydrogens is 392 g/mol. The maximum atomic E-state index is 13.3. The third-order valence-electron chi connectivity index (χ3n) is 6.99. The van der Waals surface area contributed by atoms with Gasteiger partial charge in [-0.15, -0.1) is 5.10 Å². The molecule has 1 aliphatic heterocycles. The van der Waals surface area contributed by atoms with Crippen LogP contribution in [0.3, 0.4) is 0 Å². The summed E-state index contributed by atoms with van der Waals surface area (Å²) in [5, 5.41) is 4.07. The zero-order valence-electron chi connectivity index (χ0n) is 18.3. The number of benzene rings is 1. The lowest BCUT2D eigenvalue weighted by atomic mass is 9.94. The number of piperidine rings is 1. The topological polar surface area (TPSA) is 49.3 Å². The highest BCUT2D eigenvalue weighted by molar-refractivity contribution is 7.07. The summed E-state index contributed by atoms with van der Waals surface area (Å²) in [4.78, 5) is 18.8. The summed E-state index contributed by atoms with van der Waals surface area (Å²) >= 11 is 1.25. The molecule has 4 rings (SSSR count). The van der Waals surface area contributed by atoms with Gasteiger partial charge in [0.15, 0.2) is 0 Å². The number of nitrogens with zero attached hydrogens (tertiary/aromatic N) is 4. The lowest BCUT2D eigenvalue weighted by molar-refractivity contribution is 0.0602. The molecule has 1 aromatic carbocycles. The Morgan fingerprint density at radius 3 is 2.53 bits per heavy atom. The summed E-state index contributed by atoms with van der Waals surface area (Å²) in [7, 11) is 0. The molecule has 5 nitrogen and oxygen atoms in total. The third-order valence-corrected chi connectivity index (χ3v) is 7.81. The second-order valence-corrected chi connectivity index (χ2v) is 9.80. The number of aryl methyl sites for hydroxylation is 2. The van der Waals surface area contributed by atoms with E-state index in [-0.39, 0.29) is 5.91 Å². The van der Waals surface area contributed by atoms with Crippen molar-refractivity contribution in [3.8, 4) is 0 Å². The molecule has 2 fully saturated rings. The van der Waals surface area contributed by atoms with Gasteiger partial charge in [-0.25, -0.2) is 0 Å². The first-order chi connectivity index (χ1) is 14.6. The average molecular weight is 427 g/mol. The summed E-state index contributed by atoms with van der Waals surface area (Å²) in [6.07, 6.45) is 8.27. The van der Waals surface area contributed by atoms with Crippen molar-refractivity contribution in [2.24, 2.45) is 5.92 Å². The van der Waals surface area contributed by atoms with Gasteiger partial charge in [-0.1, -0.05) is 41.6 Å². The molecule has 2 aliphatic rings. The zero-order chi connectivity index (χ0) is 20.9. The quantitative estimate of drug-likeness (QED) is 0.654. The smallest absolute Gasteiger partial charge is 0.267 e. The van der Waals surface area contributed by atoms with E-state index >= 15 is 0 Å². The van der Waals surface area contributed by atoms with Crippen molar-refractivity contribution in [2.75, 3.05) is 26.2 Å². The van der Waals surface area contributed by atoms with Crippen LogP contribution >= 0.6 is 11.5 Å². The van der Waals surface area contributed by atoms with Crippen LogP contribution in [0.15, 0.2) is 24.3 Å². The molecule has 0 bridgehead atoms. The van der Waals surface area contributed by atoms with Crippen LogP contribution in [0.4, 0.5) is 0 Å². The lowest BCUT2D eigenvalue weighted by Crippen LogP contribution is -2.45. The van der Waals surface area contributed by atoms with Gasteiger partial charge >= 0.3 is 0 Å². The molecule has 2 aromatic rings. The van der Waals surface area contributed by atoms with Crippen molar-refractivity contribution in [1.29, 1.82) is 0 Å². The van der Waals surface area contributed by atoms with Crippen LogP contribution in [-0.2, 0) is 6.42 Å². The van der Waals surface area contributed by atoms with Crippen molar-refractivity contribution >= 4 is 17.4 Å². The Hall–Kier alpha value is -1.79. The number of carbonyl (C=O) groups excluding carboxylic acids is 1. The zero-order valence-corrected chi connectivity index (χ0v) is 19.2. The van der Waals surface area contributed by atoms with E-state index in [1.54, 1.807) is 0 Å². The van der Waals surface area contributed by atoms with E-state index < -0.39 is 0 Å². The molecule has 1 aromatic heterocycles. The highest BCUT2D eigenvalue weighted by Gasteiger charge is 2.32. The number of carbonyl (C=O) groups is 1. The molecule has 1 amide bonds. The van der Waals surface area contributed by atoms with Gasteiger partial charge in [0.05, 0.1) is 5.69 Å². The molecule has 30 heavy (non-hydrogen) atoms. The summed E-state index contributed by atoms with van der Waals surface area (Å²) in [6, 6.07) is 9.12. The summed E-state index contributed by atoms with van der Waals surface area (Å²) in [5.41, 5.74) is 3.64. The Bertz CT molecular complexity index is 837. The molecule has 0 N–H and O–H groups in total. The van der Waals surface area contributed by atoms with Crippen molar-refractivity contribution < 1.29 is 4.79 Å². The monoisotopic (exact) mass is 426 g/mol. The number of hydrogen-bond acceptors (Lipinski definition) is 5. The molecule has 0 spiro atoms. The standard InChI is InChI=1S/C24H34N4OS/c1-18-7-3-4-8-21(18)13-16-27-14-11-20(12-15-27)17-28(22-9-5-6-10-22)24(29)23-19(2)25-26-30-23/h3-4,7-8,20,22H,5-6,9-17H2,1-2H3. The van der Waals surface area contributed by atoms with Gasteiger partial charge in [-0.2, -0.15) is 0 Å². The Morgan fingerprint density at radius 1 is 1.13 bits per heavy atom. The second-order valence-electron chi connectivity index (χ2n) is 9.04. The average Bonchev–Trinajstić information content (AvgIpc) is 3.44. The predicted molar refractivity (Wildman–Crippen MR) is 122 cm³/mol. The first-order valence-electron chi connectivity index (χ1n) is 11.5. The minimum Gasteiger partial charge on any atom is -0.335 e. The van der Waals surface area contributed by atoms with Gasteiger partial charge in [0.1, 0.15) is 4.88 Å². The summed E-state index contributed by atoms with van der Waals surface area (Å²) < 4.78 is 4.00. The molecule has 1 saturated heterocycles. The van der Waals surface area contributed by atoms with E-state index in [2.05, 4.69) is 50.6 Å². The van der Waals surface area contributed by atoms with E-state index in [0.717, 1.165) is 56.0 Å². The van der Waals surface area contributed by atoms with Crippen LogP contribution in [0.2, 0.25) is 0 Å². The maximum Gasteiger partial charge on any atom is 0.267 e. The molecule has 2 heterocycles. The Kier molecular flexibility index (Phi) is 7.16. The Morgan fingerprint density at radius 2 is 1.87 bits per heavy atom. The Balaban J connectivity index is 1.32. The van der Waals surface area contributed by atoms with Crippen LogP contribution in [0, 0.1) is 19.8 Å². The maximum absolute atomic E-state index is 13.3. The highest BCUT2D eigenvalue weighted by atomic mass is 32.1. The number of hydrogen-bond donors (Lipinski definition) is 0. The molecule has 162 valence electrons. The van der Waals surface area contributed by atoms with Gasteiger partial charge in [0.25, 0.3) is 5.91 Å². The summed E-state index contributed by atoms with van der Waals surface area (Å²) in [5.74, 6) is 0.766. The van der Waals surface area contributed by atoms with Gasteiger partial charge < -0.3 is 9.80 Å². The van der Waals surface area contributed by atoms with Gasteiger partial charge in [0, 0.05) is 19.1 Å². The van der Waals surface area contributed by atoms with Gasteiger partial charge in [-0.3, -0.25) is 4.79 Å². The molecule has 0 radical (unpaired) electrons. The molecule has 1 aliphatic carbocycles. The third kappa shape index (κ3) is 5.09. The van der Waals surface area contributed by atoms with E-state index in [0.29, 0.717) is 12.0 Å². The minimum atomic E-state index is 0.163. The molecule has 1 saturated carbocycles. The summed E-state index contributed by atoms with van der Waals surface area (Å²) in [6.45, 7) is 8.42. The highest BCUT2D eigenvalue weighted by Crippen LogP contribution is 2.29. The van der Waals surface area contributed by atoms with Crippen LogP contribution in [0.5, 0.6) is 0 Å². The van der Waals surface area contributed by atoms with Crippen molar-refractivity contribution in [1.82, 2.24) is 19.4 Å². The van der Waals surface area contributed by atoms with Crippen molar-refractivity contribution in [3.05, 3.63) is 46.0 Å². The van der Waals surface area contributed by atoms with E-state index in [9.17, 15) is 4.79 Å². The normalized spacial score (nSPS) is 18.7. The number of amides is 1. The van der Waals surface area contributed by atoms with Crippen LogP contribution in [-0.4, -0.2) is 57.5 Å². The number of aromatic nitrogens is 2. The van der Waals surface area contributed by atoms with Crippen LogP contribution in [0.1, 0.15) is 65.0 Å². The predicted octanol–water partition coefficient (Wildman–Crippen LogP) is 4.49. The fraction of sp³-hybridized carbons (Fsp3) is 0.625. The number of rotatable bonds is 7. The molecule has 0 unspecified atom stereocenters.